The van der Waals surface area contributed by atoms with Gasteiger partial charge in [-0.3, -0.25) is 4.79 Å². The number of benzene rings is 1. The summed E-state index contributed by atoms with van der Waals surface area (Å²) in [6.07, 6.45) is 4.21. The van der Waals surface area contributed by atoms with E-state index in [-0.39, 0.29) is 23.5 Å². The van der Waals surface area contributed by atoms with Crippen LogP contribution in [0.4, 0.5) is 0 Å². The highest BCUT2D eigenvalue weighted by Crippen LogP contribution is 2.25. The Hall–Kier alpha value is -2.04. The van der Waals surface area contributed by atoms with E-state index >= 15 is 0 Å². The number of carbonyl (C=O) groups excluding carboxylic acids is 2. The average Bonchev–Trinajstić information content (AvgIpc) is 2.48. The van der Waals surface area contributed by atoms with E-state index < -0.39 is 11.9 Å². The summed E-state index contributed by atoms with van der Waals surface area (Å²) in [5, 5.41) is 9.47. The van der Waals surface area contributed by atoms with E-state index in [1.54, 1.807) is 6.92 Å². The predicted molar refractivity (Wildman–Crippen MR) is 78.5 cm³/mol. The van der Waals surface area contributed by atoms with Crippen molar-refractivity contribution >= 4 is 11.9 Å². The van der Waals surface area contributed by atoms with Gasteiger partial charge in [-0.1, -0.05) is 33.1 Å². The van der Waals surface area contributed by atoms with Crippen LogP contribution in [-0.4, -0.2) is 23.7 Å². The number of phenols is 1. The molecule has 1 aromatic carbocycles. The highest BCUT2D eigenvalue weighted by Gasteiger charge is 2.17. The molecular weight excluding hydrogens is 272 g/mol. The largest absolute Gasteiger partial charge is 0.508 e. The molecule has 0 aliphatic rings. The van der Waals surface area contributed by atoms with Crippen molar-refractivity contribution < 1.29 is 24.2 Å². The number of carbonyl (C=O) groups is 2. The summed E-state index contributed by atoms with van der Waals surface area (Å²) in [6.45, 7) is 4.08. The molecule has 5 heteroatoms. The van der Waals surface area contributed by atoms with Crippen molar-refractivity contribution in [3.63, 3.8) is 0 Å². The molecule has 0 atom stereocenters. The zero-order chi connectivity index (χ0) is 15.7. The molecule has 0 aliphatic carbocycles. The molecule has 0 aliphatic heterocycles. The first-order chi connectivity index (χ1) is 10.1. The number of ether oxygens (including phenoxy) is 2. The molecule has 0 spiro atoms. The van der Waals surface area contributed by atoms with Gasteiger partial charge in [0.25, 0.3) is 0 Å². The second kappa shape index (κ2) is 9.00. The van der Waals surface area contributed by atoms with Gasteiger partial charge in [-0.05, 0) is 24.6 Å². The molecule has 21 heavy (non-hydrogen) atoms. The maximum atomic E-state index is 12.0. The third kappa shape index (κ3) is 5.85. The molecule has 0 fully saturated rings. The highest BCUT2D eigenvalue weighted by molar-refractivity contribution is 5.94. The fraction of sp³-hybridized carbons (Fsp3) is 0.500. The van der Waals surface area contributed by atoms with Gasteiger partial charge >= 0.3 is 11.9 Å². The molecule has 0 bridgehead atoms. The summed E-state index contributed by atoms with van der Waals surface area (Å²) >= 11 is 0. The Balaban J connectivity index is 2.68. The minimum absolute atomic E-state index is 0.0623. The molecule has 1 rings (SSSR count). The maximum Gasteiger partial charge on any atom is 0.342 e. The van der Waals surface area contributed by atoms with Gasteiger partial charge in [0.05, 0.1) is 6.61 Å². The Morgan fingerprint density at radius 2 is 1.90 bits per heavy atom. The third-order valence-corrected chi connectivity index (χ3v) is 2.93. The van der Waals surface area contributed by atoms with Crippen molar-refractivity contribution in [2.45, 2.75) is 46.0 Å². The number of aromatic hydroxyl groups is 1. The molecule has 1 aromatic rings. The second-order valence-corrected chi connectivity index (χ2v) is 4.70. The van der Waals surface area contributed by atoms with Gasteiger partial charge in [0.1, 0.15) is 17.1 Å². The van der Waals surface area contributed by atoms with Gasteiger partial charge in [-0.25, -0.2) is 4.79 Å². The lowest BCUT2D eigenvalue weighted by Crippen LogP contribution is -2.12. The van der Waals surface area contributed by atoms with Crippen LogP contribution in [0.15, 0.2) is 18.2 Å². The van der Waals surface area contributed by atoms with Crippen LogP contribution < -0.4 is 4.74 Å². The molecule has 0 radical (unpaired) electrons. The molecule has 0 heterocycles. The second-order valence-electron chi connectivity index (χ2n) is 4.70. The monoisotopic (exact) mass is 294 g/mol. The summed E-state index contributed by atoms with van der Waals surface area (Å²) in [7, 11) is 0. The Morgan fingerprint density at radius 3 is 2.57 bits per heavy atom. The molecule has 5 nitrogen and oxygen atoms in total. The molecule has 0 unspecified atom stereocenters. The van der Waals surface area contributed by atoms with Crippen LogP contribution >= 0.6 is 0 Å². The lowest BCUT2D eigenvalue weighted by Gasteiger charge is -2.10. The number of hydrogen-bond acceptors (Lipinski definition) is 5. The first-order valence-electron chi connectivity index (χ1n) is 7.29. The third-order valence-electron chi connectivity index (χ3n) is 2.93. The molecule has 116 valence electrons. The molecule has 0 saturated carbocycles. The maximum absolute atomic E-state index is 12.0. The summed E-state index contributed by atoms with van der Waals surface area (Å²) in [5.74, 6) is -1.01. The molecule has 0 aromatic heterocycles. The van der Waals surface area contributed by atoms with E-state index in [0.717, 1.165) is 25.7 Å². The van der Waals surface area contributed by atoms with Gasteiger partial charge in [0.15, 0.2) is 0 Å². The zero-order valence-electron chi connectivity index (χ0n) is 12.6. The summed E-state index contributed by atoms with van der Waals surface area (Å²) in [6, 6.07) is 3.99. The molecule has 1 N–H and O–H groups in total. The van der Waals surface area contributed by atoms with Crippen LogP contribution in [0, 0.1) is 0 Å². The number of esters is 2. The van der Waals surface area contributed by atoms with Crippen molar-refractivity contribution in [1.82, 2.24) is 0 Å². The highest BCUT2D eigenvalue weighted by atomic mass is 16.5. The minimum Gasteiger partial charge on any atom is -0.508 e. The predicted octanol–water partition coefficient (Wildman–Crippen LogP) is 3.44. The van der Waals surface area contributed by atoms with E-state index in [0.29, 0.717) is 6.61 Å². The quantitative estimate of drug-likeness (QED) is 0.451. The van der Waals surface area contributed by atoms with Crippen LogP contribution in [0.5, 0.6) is 11.5 Å². The normalized spacial score (nSPS) is 10.2. The number of hydrogen-bond donors (Lipinski definition) is 1. The SMILES string of the molecule is CCCCCCOC(=O)c1cc(O)ccc1OC(=O)CC. The van der Waals surface area contributed by atoms with Crippen molar-refractivity contribution in [3.8, 4) is 11.5 Å². The molecule has 0 saturated heterocycles. The smallest absolute Gasteiger partial charge is 0.342 e. The lowest BCUT2D eigenvalue weighted by molar-refractivity contribution is -0.134. The van der Waals surface area contributed by atoms with E-state index in [4.69, 9.17) is 9.47 Å². The van der Waals surface area contributed by atoms with Crippen LogP contribution in [-0.2, 0) is 9.53 Å². The summed E-state index contributed by atoms with van der Waals surface area (Å²) in [4.78, 5) is 23.3. The van der Waals surface area contributed by atoms with E-state index in [1.807, 2.05) is 0 Å². The van der Waals surface area contributed by atoms with Crippen LogP contribution in [0.2, 0.25) is 0 Å². The summed E-state index contributed by atoms with van der Waals surface area (Å²) < 4.78 is 10.2. The van der Waals surface area contributed by atoms with E-state index in [9.17, 15) is 14.7 Å². The fourth-order valence-corrected chi connectivity index (χ4v) is 1.73. The van der Waals surface area contributed by atoms with Crippen molar-refractivity contribution in [1.29, 1.82) is 0 Å². The van der Waals surface area contributed by atoms with Crippen LogP contribution in [0.25, 0.3) is 0 Å². The van der Waals surface area contributed by atoms with E-state index in [2.05, 4.69) is 6.92 Å². The van der Waals surface area contributed by atoms with Crippen LogP contribution in [0.3, 0.4) is 0 Å². The first kappa shape index (κ1) is 17.0. The van der Waals surface area contributed by atoms with Crippen molar-refractivity contribution in [3.05, 3.63) is 23.8 Å². The lowest BCUT2D eigenvalue weighted by atomic mass is 10.2. The minimum atomic E-state index is -0.596. The van der Waals surface area contributed by atoms with Gasteiger partial charge in [-0.2, -0.15) is 0 Å². The van der Waals surface area contributed by atoms with E-state index in [1.165, 1.54) is 18.2 Å². The Kier molecular flexibility index (Phi) is 7.29. The van der Waals surface area contributed by atoms with Crippen molar-refractivity contribution in [2.75, 3.05) is 6.61 Å². The fourth-order valence-electron chi connectivity index (χ4n) is 1.73. The Morgan fingerprint density at radius 1 is 1.14 bits per heavy atom. The topological polar surface area (TPSA) is 72.8 Å². The van der Waals surface area contributed by atoms with Gasteiger partial charge in [0.2, 0.25) is 0 Å². The number of rotatable bonds is 8. The zero-order valence-corrected chi connectivity index (χ0v) is 12.6. The molecule has 0 amide bonds. The number of unbranched alkanes of at least 4 members (excludes halogenated alkanes) is 3. The van der Waals surface area contributed by atoms with Crippen LogP contribution in [0.1, 0.15) is 56.3 Å². The standard InChI is InChI=1S/C16H22O5/c1-3-5-6-7-10-20-16(19)13-11-12(17)8-9-14(13)21-15(18)4-2/h8-9,11,17H,3-7,10H2,1-2H3. The Labute approximate surface area is 124 Å². The van der Waals surface area contributed by atoms with Crippen molar-refractivity contribution in [2.24, 2.45) is 0 Å². The molecular formula is C16H22O5. The Bertz CT molecular complexity index is 482. The summed E-state index contributed by atoms with van der Waals surface area (Å²) in [5.41, 5.74) is 0.0623. The van der Waals surface area contributed by atoms with Gasteiger partial charge < -0.3 is 14.6 Å². The first-order valence-corrected chi connectivity index (χ1v) is 7.29. The average molecular weight is 294 g/mol. The number of phenolic OH excluding ortho intramolecular Hbond substituents is 1. The van der Waals surface area contributed by atoms with Gasteiger partial charge in [-0.15, -0.1) is 0 Å². The van der Waals surface area contributed by atoms with Gasteiger partial charge in [0, 0.05) is 6.42 Å².